The Morgan fingerprint density at radius 3 is 2.78 bits per heavy atom. The summed E-state index contributed by atoms with van der Waals surface area (Å²) in [5, 5.41) is 11.9. The van der Waals surface area contributed by atoms with E-state index in [0.29, 0.717) is 18.7 Å². The van der Waals surface area contributed by atoms with Crippen LogP contribution in [0.2, 0.25) is 0 Å². The fourth-order valence-electron chi connectivity index (χ4n) is 1.75. The van der Waals surface area contributed by atoms with E-state index >= 15 is 0 Å². The molecule has 1 aromatic heterocycles. The number of hydrogen-bond acceptors (Lipinski definition) is 5. The Hall–Kier alpha value is -1.20. The second-order valence-corrected chi connectivity index (χ2v) is 4.95. The molecule has 0 bridgehead atoms. The first-order valence-electron chi connectivity index (χ1n) is 6.48. The minimum atomic E-state index is 0.291. The number of ether oxygens (including phenoxy) is 1. The summed E-state index contributed by atoms with van der Waals surface area (Å²) in [6.07, 6.45) is 2.59. The number of hydrogen-bond donors (Lipinski definition) is 1. The van der Waals surface area contributed by atoms with Crippen LogP contribution in [0.1, 0.15) is 25.5 Å². The highest BCUT2D eigenvalue weighted by molar-refractivity contribution is 5.37. The molecule has 5 heteroatoms. The van der Waals surface area contributed by atoms with Crippen LogP contribution in [0.5, 0.6) is 0 Å². The van der Waals surface area contributed by atoms with Gasteiger partial charge in [-0.2, -0.15) is 5.10 Å². The third-order valence-electron chi connectivity index (χ3n) is 3.29. The van der Waals surface area contributed by atoms with Crippen LogP contribution in [0, 0.1) is 0 Å². The lowest BCUT2D eigenvalue weighted by molar-refractivity contribution is 0.183. The van der Waals surface area contributed by atoms with Crippen molar-refractivity contribution in [3.63, 3.8) is 0 Å². The molecule has 100 valence electrons. The summed E-state index contributed by atoms with van der Waals surface area (Å²) >= 11 is 0. The van der Waals surface area contributed by atoms with E-state index in [4.69, 9.17) is 4.74 Å². The zero-order valence-electron chi connectivity index (χ0n) is 11.4. The first-order valence-corrected chi connectivity index (χ1v) is 6.48. The predicted octanol–water partition coefficient (Wildman–Crippen LogP) is 1.20. The van der Waals surface area contributed by atoms with Crippen molar-refractivity contribution in [3.05, 3.63) is 17.8 Å². The van der Waals surface area contributed by atoms with Gasteiger partial charge in [0.1, 0.15) is 0 Å². The number of aromatic nitrogens is 2. The van der Waals surface area contributed by atoms with E-state index in [9.17, 15) is 0 Å². The van der Waals surface area contributed by atoms with Crippen LogP contribution in [0.3, 0.4) is 0 Å². The van der Waals surface area contributed by atoms with E-state index in [-0.39, 0.29) is 0 Å². The smallest absolute Gasteiger partial charge is 0.151 e. The Kier molecular flexibility index (Phi) is 4.49. The lowest BCUT2D eigenvalue weighted by atomic mass is 10.3. The molecule has 0 aliphatic heterocycles. The van der Waals surface area contributed by atoms with Gasteiger partial charge in [-0.15, -0.1) is 5.10 Å². The molecule has 18 heavy (non-hydrogen) atoms. The van der Waals surface area contributed by atoms with Gasteiger partial charge >= 0.3 is 0 Å². The molecular weight excluding hydrogens is 228 g/mol. The number of anilines is 1. The van der Waals surface area contributed by atoms with E-state index < -0.39 is 0 Å². The van der Waals surface area contributed by atoms with Crippen LogP contribution in [0.25, 0.3) is 0 Å². The van der Waals surface area contributed by atoms with Gasteiger partial charge in [-0.1, -0.05) is 0 Å². The summed E-state index contributed by atoms with van der Waals surface area (Å²) in [5.41, 5.74) is 0.999. The second-order valence-electron chi connectivity index (χ2n) is 4.95. The molecule has 0 spiro atoms. The minimum absolute atomic E-state index is 0.291. The van der Waals surface area contributed by atoms with Gasteiger partial charge in [0.25, 0.3) is 0 Å². The number of nitrogens with zero attached hydrogens (tertiary/aromatic N) is 3. The topological polar surface area (TPSA) is 50.3 Å². The summed E-state index contributed by atoms with van der Waals surface area (Å²) in [6.45, 7) is 3.60. The third-order valence-corrected chi connectivity index (χ3v) is 3.29. The van der Waals surface area contributed by atoms with Crippen molar-refractivity contribution < 1.29 is 4.74 Å². The number of methoxy groups -OCH3 is 1. The fraction of sp³-hybridized carbons (Fsp3) is 0.692. The highest BCUT2D eigenvalue weighted by Gasteiger charge is 2.20. The van der Waals surface area contributed by atoms with Gasteiger partial charge in [0.05, 0.1) is 18.3 Å². The van der Waals surface area contributed by atoms with Crippen molar-refractivity contribution in [2.24, 2.45) is 0 Å². The molecule has 1 N–H and O–H groups in total. The minimum Gasteiger partial charge on any atom is -0.383 e. The zero-order valence-corrected chi connectivity index (χ0v) is 11.4. The van der Waals surface area contributed by atoms with Gasteiger partial charge in [-0.05, 0) is 31.9 Å². The van der Waals surface area contributed by atoms with Crippen LogP contribution >= 0.6 is 0 Å². The molecule has 1 fully saturated rings. The number of rotatable bonds is 7. The van der Waals surface area contributed by atoms with Crippen molar-refractivity contribution in [1.82, 2.24) is 15.5 Å². The van der Waals surface area contributed by atoms with Crippen LogP contribution in [0.4, 0.5) is 5.82 Å². The third kappa shape index (κ3) is 3.65. The molecule has 1 unspecified atom stereocenters. The van der Waals surface area contributed by atoms with Gasteiger partial charge in [0.15, 0.2) is 5.82 Å². The first kappa shape index (κ1) is 13.2. The van der Waals surface area contributed by atoms with Crippen molar-refractivity contribution in [2.45, 2.75) is 38.4 Å². The SMILES string of the molecule is COCC(C)N(C)c1ccc(CNC2CC2)nn1. The maximum absolute atomic E-state index is 5.14. The Labute approximate surface area is 109 Å². The molecule has 1 aliphatic rings. The highest BCUT2D eigenvalue weighted by Crippen LogP contribution is 2.19. The Morgan fingerprint density at radius 1 is 1.44 bits per heavy atom. The molecule has 1 atom stereocenters. The monoisotopic (exact) mass is 250 g/mol. The lowest BCUT2D eigenvalue weighted by Crippen LogP contribution is -2.33. The van der Waals surface area contributed by atoms with Crippen LogP contribution in [-0.2, 0) is 11.3 Å². The molecule has 0 aromatic carbocycles. The molecule has 1 saturated carbocycles. The van der Waals surface area contributed by atoms with E-state index in [2.05, 4.69) is 27.3 Å². The molecule has 5 nitrogen and oxygen atoms in total. The fourth-order valence-corrected chi connectivity index (χ4v) is 1.75. The number of nitrogens with one attached hydrogen (secondary N) is 1. The summed E-state index contributed by atoms with van der Waals surface area (Å²) in [6, 6.07) is 5.05. The molecule has 1 heterocycles. The average Bonchev–Trinajstić information content (AvgIpc) is 3.20. The van der Waals surface area contributed by atoms with E-state index in [1.165, 1.54) is 12.8 Å². The lowest BCUT2D eigenvalue weighted by Gasteiger charge is -2.24. The molecule has 1 aromatic rings. The quantitative estimate of drug-likeness (QED) is 0.788. The molecular formula is C13H22N4O. The van der Waals surface area contributed by atoms with Gasteiger partial charge in [-0.3, -0.25) is 0 Å². The summed E-state index contributed by atoms with van der Waals surface area (Å²) in [4.78, 5) is 2.08. The summed E-state index contributed by atoms with van der Waals surface area (Å²) in [5.74, 6) is 0.884. The van der Waals surface area contributed by atoms with Gasteiger partial charge in [0, 0.05) is 26.7 Å². The Bertz CT molecular complexity index is 364. The zero-order chi connectivity index (χ0) is 13.0. The largest absolute Gasteiger partial charge is 0.383 e. The molecule has 0 saturated heterocycles. The maximum atomic E-state index is 5.14. The molecule has 1 aliphatic carbocycles. The van der Waals surface area contributed by atoms with E-state index in [1.807, 2.05) is 19.2 Å². The van der Waals surface area contributed by atoms with Crippen molar-refractivity contribution in [3.8, 4) is 0 Å². The highest BCUT2D eigenvalue weighted by atomic mass is 16.5. The van der Waals surface area contributed by atoms with Crippen LogP contribution < -0.4 is 10.2 Å². The predicted molar refractivity (Wildman–Crippen MR) is 71.6 cm³/mol. The van der Waals surface area contributed by atoms with Crippen molar-refractivity contribution in [2.75, 3.05) is 25.7 Å². The van der Waals surface area contributed by atoms with Gasteiger partial charge < -0.3 is 15.0 Å². The van der Waals surface area contributed by atoms with Gasteiger partial charge in [-0.25, -0.2) is 0 Å². The average molecular weight is 250 g/mol. The second kappa shape index (κ2) is 6.11. The molecule has 0 amide bonds. The standard InChI is InChI=1S/C13H22N4O/c1-10(9-18-3)17(2)13-7-6-12(15-16-13)8-14-11-4-5-11/h6-7,10-11,14H,4-5,8-9H2,1-3H3. The van der Waals surface area contributed by atoms with Crippen LogP contribution in [-0.4, -0.2) is 43.0 Å². The van der Waals surface area contributed by atoms with Crippen molar-refractivity contribution >= 4 is 5.82 Å². The maximum Gasteiger partial charge on any atom is 0.151 e. The molecule has 0 radical (unpaired) electrons. The summed E-state index contributed by atoms with van der Waals surface area (Å²) in [7, 11) is 3.72. The van der Waals surface area contributed by atoms with E-state index in [0.717, 1.165) is 18.1 Å². The van der Waals surface area contributed by atoms with Crippen molar-refractivity contribution in [1.29, 1.82) is 0 Å². The van der Waals surface area contributed by atoms with Gasteiger partial charge in [0.2, 0.25) is 0 Å². The normalized spacial score (nSPS) is 16.6. The summed E-state index contributed by atoms with van der Waals surface area (Å²) < 4.78 is 5.14. The number of likely N-dealkylation sites (N-methyl/N-ethyl adjacent to an activating group) is 1. The van der Waals surface area contributed by atoms with Crippen LogP contribution in [0.15, 0.2) is 12.1 Å². The Balaban J connectivity index is 1.88. The van der Waals surface area contributed by atoms with E-state index in [1.54, 1.807) is 7.11 Å². The first-order chi connectivity index (χ1) is 8.70. The molecule has 2 rings (SSSR count). The Morgan fingerprint density at radius 2 is 2.22 bits per heavy atom.